The van der Waals surface area contributed by atoms with Gasteiger partial charge >= 0.3 is 5.97 Å². The van der Waals surface area contributed by atoms with Crippen LogP contribution in [0.3, 0.4) is 0 Å². The fourth-order valence-electron chi connectivity index (χ4n) is 1.29. The molecule has 0 fully saturated rings. The lowest BCUT2D eigenvalue weighted by molar-refractivity contribution is -0.135. The molecular formula is C13H16O2. The third-order valence-electron chi connectivity index (χ3n) is 2.21. The molecular weight excluding hydrogens is 188 g/mol. The molecule has 0 heterocycles. The summed E-state index contributed by atoms with van der Waals surface area (Å²) in [6, 6.07) is 8.16. The summed E-state index contributed by atoms with van der Waals surface area (Å²) in [5.41, 5.74) is 2.34. The van der Waals surface area contributed by atoms with E-state index in [0.29, 0.717) is 5.92 Å². The number of carbonyl (C=O) groups is 1. The summed E-state index contributed by atoms with van der Waals surface area (Å²) in [4.78, 5) is 10.3. The second-order valence-electron chi connectivity index (χ2n) is 3.82. The van der Waals surface area contributed by atoms with E-state index in [1.807, 2.05) is 18.2 Å². The molecule has 0 amide bonds. The van der Waals surface area contributed by atoms with Crippen LogP contribution in [0.5, 0.6) is 0 Å². The number of carboxylic acids is 1. The molecule has 0 unspecified atom stereocenters. The van der Waals surface area contributed by atoms with Gasteiger partial charge in [-0.15, -0.1) is 0 Å². The quantitative estimate of drug-likeness (QED) is 0.817. The zero-order valence-corrected chi connectivity index (χ0v) is 9.10. The molecule has 0 aliphatic carbocycles. The fraction of sp³-hybridized carbons (Fsp3) is 0.308. The van der Waals surface area contributed by atoms with Crippen LogP contribution in [0.25, 0.3) is 6.08 Å². The normalized spacial score (nSPS) is 11.1. The molecule has 1 aromatic carbocycles. The first-order chi connectivity index (χ1) is 7.09. The molecule has 1 rings (SSSR count). The average Bonchev–Trinajstić information content (AvgIpc) is 2.18. The highest BCUT2D eigenvalue weighted by molar-refractivity contribution is 5.70. The number of benzene rings is 1. The smallest absolute Gasteiger partial charge is 0.307 e. The van der Waals surface area contributed by atoms with Gasteiger partial charge in [0, 0.05) is 0 Å². The monoisotopic (exact) mass is 204 g/mol. The van der Waals surface area contributed by atoms with Gasteiger partial charge in [-0.1, -0.05) is 50.3 Å². The van der Waals surface area contributed by atoms with Crippen LogP contribution in [0.1, 0.15) is 37.3 Å². The minimum Gasteiger partial charge on any atom is -0.481 e. The van der Waals surface area contributed by atoms with Crippen LogP contribution < -0.4 is 0 Å². The lowest BCUT2D eigenvalue weighted by Gasteiger charge is -2.04. The fourth-order valence-corrected chi connectivity index (χ4v) is 1.29. The predicted octanol–water partition coefficient (Wildman–Crippen LogP) is 3.30. The predicted molar refractivity (Wildman–Crippen MR) is 61.8 cm³/mol. The van der Waals surface area contributed by atoms with Crippen molar-refractivity contribution in [3.8, 4) is 0 Å². The second kappa shape index (κ2) is 5.35. The van der Waals surface area contributed by atoms with Gasteiger partial charge in [-0.2, -0.15) is 0 Å². The summed E-state index contributed by atoms with van der Waals surface area (Å²) in [7, 11) is 0. The van der Waals surface area contributed by atoms with Gasteiger partial charge in [0.05, 0.1) is 6.42 Å². The van der Waals surface area contributed by atoms with Crippen molar-refractivity contribution in [1.29, 1.82) is 0 Å². The van der Waals surface area contributed by atoms with Crippen molar-refractivity contribution in [1.82, 2.24) is 0 Å². The molecule has 80 valence electrons. The molecule has 2 nitrogen and oxygen atoms in total. The van der Waals surface area contributed by atoms with Gasteiger partial charge in [0.15, 0.2) is 0 Å². The van der Waals surface area contributed by atoms with Gasteiger partial charge in [0.2, 0.25) is 0 Å². The van der Waals surface area contributed by atoms with Crippen molar-refractivity contribution in [3.05, 3.63) is 41.5 Å². The number of carboxylic acid groups (broad SMARTS) is 1. The highest BCUT2D eigenvalue weighted by Gasteiger charge is 1.97. The molecule has 1 N–H and O–H groups in total. The van der Waals surface area contributed by atoms with E-state index in [4.69, 9.17) is 5.11 Å². The van der Waals surface area contributed by atoms with E-state index >= 15 is 0 Å². The molecule has 1 aromatic rings. The Morgan fingerprint density at radius 3 is 2.40 bits per heavy atom. The molecule has 0 saturated carbocycles. The first-order valence-corrected chi connectivity index (χ1v) is 5.08. The summed E-state index contributed by atoms with van der Waals surface area (Å²) in [5.74, 6) is -0.271. The Morgan fingerprint density at radius 2 is 1.93 bits per heavy atom. The Hall–Kier alpha value is -1.57. The third-order valence-corrected chi connectivity index (χ3v) is 2.21. The number of aliphatic carboxylic acids is 1. The molecule has 0 aliphatic heterocycles. The van der Waals surface area contributed by atoms with Gasteiger partial charge in [-0.3, -0.25) is 4.79 Å². The van der Waals surface area contributed by atoms with Crippen LogP contribution in [0, 0.1) is 0 Å². The van der Waals surface area contributed by atoms with Crippen LogP contribution >= 0.6 is 0 Å². The van der Waals surface area contributed by atoms with Crippen LogP contribution in [-0.2, 0) is 4.79 Å². The summed E-state index contributed by atoms with van der Waals surface area (Å²) in [6.07, 6.45) is 3.57. The molecule has 0 atom stereocenters. The lowest BCUT2D eigenvalue weighted by Crippen LogP contribution is -1.89. The van der Waals surface area contributed by atoms with Crippen molar-refractivity contribution in [2.24, 2.45) is 0 Å². The molecule has 0 bridgehead atoms. The Balaban J connectivity index is 2.64. The molecule has 0 radical (unpaired) electrons. The summed E-state index contributed by atoms with van der Waals surface area (Å²) >= 11 is 0. The average molecular weight is 204 g/mol. The van der Waals surface area contributed by atoms with E-state index < -0.39 is 5.97 Å². The zero-order chi connectivity index (χ0) is 11.3. The van der Waals surface area contributed by atoms with E-state index in [1.165, 1.54) is 5.56 Å². The van der Waals surface area contributed by atoms with E-state index in [0.717, 1.165) is 5.56 Å². The topological polar surface area (TPSA) is 37.3 Å². The minimum absolute atomic E-state index is 0.0753. The number of rotatable bonds is 4. The third kappa shape index (κ3) is 3.98. The SMILES string of the molecule is CC(C)c1ccc(/C=C\CC(=O)O)cc1. The largest absolute Gasteiger partial charge is 0.481 e. The van der Waals surface area contributed by atoms with Crippen molar-refractivity contribution in [3.63, 3.8) is 0 Å². The summed E-state index contributed by atoms with van der Waals surface area (Å²) in [5, 5.41) is 8.46. The Kier molecular flexibility index (Phi) is 4.10. The lowest BCUT2D eigenvalue weighted by atomic mass is 10.0. The number of hydrogen-bond acceptors (Lipinski definition) is 1. The van der Waals surface area contributed by atoms with E-state index in [9.17, 15) is 4.79 Å². The highest BCUT2D eigenvalue weighted by atomic mass is 16.4. The van der Waals surface area contributed by atoms with Crippen LogP contribution in [0.4, 0.5) is 0 Å². The van der Waals surface area contributed by atoms with E-state index in [1.54, 1.807) is 6.08 Å². The maximum absolute atomic E-state index is 10.3. The number of hydrogen-bond donors (Lipinski definition) is 1. The maximum Gasteiger partial charge on any atom is 0.307 e. The Bertz CT molecular complexity index is 347. The molecule has 15 heavy (non-hydrogen) atoms. The molecule has 0 aliphatic rings. The molecule has 2 heteroatoms. The van der Waals surface area contributed by atoms with Crippen molar-refractivity contribution < 1.29 is 9.90 Å². The van der Waals surface area contributed by atoms with Crippen molar-refractivity contribution in [2.45, 2.75) is 26.2 Å². The standard InChI is InChI=1S/C13H16O2/c1-10(2)12-8-6-11(7-9-12)4-3-5-13(14)15/h3-4,6-10H,5H2,1-2H3,(H,14,15)/b4-3-. The van der Waals surface area contributed by atoms with Gasteiger partial charge in [0.1, 0.15) is 0 Å². The highest BCUT2D eigenvalue weighted by Crippen LogP contribution is 2.15. The molecule has 0 spiro atoms. The van der Waals surface area contributed by atoms with Gasteiger partial charge in [0.25, 0.3) is 0 Å². The first-order valence-electron chi connectivity index (χ1n) is 5.08. The van der Waals surface area contributed by atoms with Crippen LogP contribution in [0.15, 0.2) is 30.3 Å². The Labute approximate surface area is 90.3 Å². The van der Waals surface area contributed by atoms with Gasteiger partial charge < -0.3 is 5.11 Å². The van der Waals surface area contributed by atoms with Crippen LogP contribution in [0.2, 0.25) is 0 Å². The molecule has 0 saturated heterocycles. The van der Waals surface area contributed by atoms with Crippen molar-refractivity contribution in [2.75, 3.05) is 0 Å². The van der Waals surface area contributed by atoms with Gasteiger partial charge in [-0.05, 0) is 17.0 Å². The Morgan fingerprint density at radius 1 is 1.33 bits per heavy atom. The molecule has 0 aromatic heterocycles. The van der Waals surface area contributed by atoms with Gasteiger partial charge in [-0.25, -0.2) is 0 Å². The van der Waals surface area contributed by atoms with E-state index in [-0.39, 0.29) is 6.42 Å². The van der Waals surface area contributed by atoms with E-state index in [2.05, 4.69) is 26.0 Å². The van der Waals surface area contributed by atoms with Crippen molar-refractivity contribution >= 4 is 12.0 Å². The van der Waals surface area contributed by atoms with Crippen LogP contribution in [-0.4, -0.2) is 11.1 Å². The second-order valence-corrected chi connectivity index (χ2v) is 3.82. The maximum atomic E-state index is 10.3. The summed E-state index contributed by atoms with van der Waals surface area (Å²) in [6.45, 7) is 4.30. The zero-order valence-electron chi connectivity index (χ0n) is 9.10. The minimum atomic E-state index is -0.801. The first kappa shape index (κ1) is 11.5. The summed E-state index contributed by atoms with van der Waals surface area (Å²) < 4.78 is 0.